The summed E-state index contributed by atoms with van der Waals surface area (Å²) in [6.07, 6.45) is 1.68. The molecule has 0 unspecified atom stereocenters. The second-order valence-electron chi connectivity index (χ2n) is 4.34. The summed E-state index contributed by atoms with van der Waals surface area (Å²) >= 11 is 4.95. The molecule has 0 aliphatic carbocycles. The molecule has 2 heterocycles. The summed E-state index contributed by atoms with van der Waals surface area (Å²) in [4.78, 5) is 4.59. The van der Waals surface area contributed by atoms with Crippen LogP contribution in [0.15, 0.2) is 36.5 Å². The van der Waals surface area contributed by atoms with E-state index >= 15 is 0 Å². The minimum Gasteiger partial charge on any atom is -0.454 e. The van der Waals surface area contributed by atoms with E-state index in [1.807, 2.05) is 24.3 Å². The quantitative estimate of drug-likeness (QED) is 0.839. The lowest BCUT2D eigenvalue weighted by Crippen LogP contribution is -2.10. The summed E-state index contributed by atoms with van der Waals surface area (Å²) in [6.45, 7) is 0.911. The number of hydrogen-bond donors (Lipinski definition) is 2. The number of anilines is 1. The molecule has 0 amide bonds. The molecule has 102 valence electrons. The SMILES string of the molecule is NC(=S)c1ccnc(NCc2ccc3c(c2)OCO3)c1. The van der Waals surface area contributed by atoms with E-state index in [0.29, 0.717) is 11.5 Å². The van der Waals surface area contributed by atoms with Gasteiger partial charge in [-0.05, 0) is 29.8 Å². The molecule has 1 aliphatic heterocycles. The standard InChI is InChI=1S/C14H13N3O2S/c15-14(20)10-3-4-16-13(6-10)17-7-9-1-2-11-12(5-9)19-8-18-11/h1-6H,7-8H2,(H2,15,20)(H,16,17). The zero-order valence-electron chi connectivity index (χ0n) is 10.6. The number of thiocarbonyl (C=S) groups is 1. The molecule has 3 N–H and O–H groups in total. The van der Waals surface area contributed by atoms with Crippen LogP contribution >= 0.6 is 12.2 Å². The third-order valence-corrected chi connectivity index (χ3v) is 3.19. The minimum absolute atomic E-state index is 0.282. The Balaban J connectivity index is 1.70. The van der Waals surface area contributed by atoms with Crippen molar-refractivity contribution >= 4 is 23.0 Å². The number of aromatic nitrogens is 1. The van der Waals surface area contributed by atoms with E-state index < -0.39 is 0 Å². The van der Waals surface area contributed by atoms with Crippen molar-refractivity contribution < 1.29 is 9.47 Å². The Labute approximate surface area is 121 Å². The molecule has 20 heavy (non-hydrogen) atoms. The summed E-state index contributed by atoms with van der Waals surface area (Å²) in [7, 11) is 0. The molecule has 0 atom stereocenters. The summed E-state index contributed by atoms with van der Waals surface area (Å²) < 4.78 is 10.6. The molecule has 5 nitrogen and oxygen atoms in total. The number of pyridine rings is 1. The van der Waals surface area contributed by atoms with E-state index in [1.165, 1.54) is 0 Å². The third kappa shape index (κ3) is 2.65. The van der Waals surface area contributed by atoms with Crippen molar-refractivity contribution in [1.82, 2.24) is 4.98 Å². The summed E-state index contributed by atoms with van der Waals surface area (Å²) in [5.74, 6) is 2.28. The molecule has 0 fully saturated rings. The largest absolute Gasteiger partial charge is 0.454 e. The number of hydrogen-bond acceptors (Lipinski definition) is 5. The number of rotatable bonds is 4. The van der Waals surface area contributed by atoms with Crippen LogP contribution in [-0.2, 0) is 6.54 Å². The molecule has 0 bridgehead atoms. The fourth-order valence-electron chi connectivity index (χ4n) is 1.92. The zero-order chi connectivity index (χ0) is 13.9. The third-order valence-electron chi connectivity index (χ3n) is 2.96. The van der Waals surface area contributed by atoms with Gasteiger partial charge in [-0.3, -0.25) is 0 Å². The van der Waals surface area contributed by atoms with Gasteiger partial charge in [0.25, 0.3) is 0 Å². The van der Waals surface area contributed by atoms with Gasteiger partial charge in [-0.15, -0.1) is 0 Å². The molecule has 0 spiro atoms. The van der Waals surface area contributed by atoms with E-state index in [2.05, 4.69) is 10.3 Å². The minimum atomic E-state index is 0.282. The normalized spacial score (nSPS) is 12.2. The van der Waals surface area contributed by atoms with Gasteiger partial charge in [-0.1, -0.05) is 18.3 Å². The smallest absolute Gasteiger partial charge is 0.231 e. The Morgan fingerprint density at radius 2 is 2.10 bits per heavy atom. The molecule has 2 aromatic rings. The van der Waals surface area contributed by atoms with Crippen LogP contribution in [0.25, 0.3) is 0 Å². The van der Waals surface area contributed by atoms with Crippen LogP contribution in [0.5, 0.6) is 11.5 Å². The maximum absolute atomic E-state index is 5.60. The van der Waals surface area contributed by atoms with Gasteiger partial charge in [0.15, 0.2) is 11.5 Å². The Kier molecular flexibility index (Phi) is 3.39. The van der Waals surface area contributed by atoms with Gasteiger partial charge >= 0.3 is 0 Å². The van der Waals surface area contributed by atoms with Gasteiger partial charge in [0.1, 0.15) is 10.8 Å². The van der Waals surface area contributed by atoms with Crippen LogP contribution in [0, 0.1) is 0 Å². The van der Waals surface area contributed by atoms with Gasteiger partial charge in [-0.2, -0.15) is 0 Å². The lowest BCUT2D eigenvalue weighted by Gasteiger charge is -2.07. The monoisotopic (exact) mass is 287 g/mol. The van der Waals surface area contributed by atoms with Gasteiger partial charge in [0, 0.05) is 18.3 Å². The van der Waals surface area contributed by atoms with E-state index in [0.717, 1.165) is 28.4 Å². The van der Waals surface area contributed by atoms with Crippen LogP contribution in [-0.4, -0.2) is 16.8 Å². The first-order chi connectivity index (χ1) is 9.72. The lowest BCUT2D eigenvalue weighted by molar-refractivity contribution is 0.174. The highest BCUT2D eigenvalue weighted by Crippen LogP contribution is 2.32. The average molecular weight is 287 g/mol. The van der Waals surface area contributed by atoms with Crippen molar-refractivity contribution in [1.29, 1.82) is 0 Å². The van der Waals surface area contributed by atoms with Crippen molar-refractivity contribution in [3.63, 3.8) is 0 Å². The molecule has 0 radical (unpaired) electrons. The van der Waals surface area contributed by atoms with Crippen molar-refractivity contribution in [2.24, 2.45) is 5.73 Å². The van der Waals surface area contributed by atoms with E-state index in [1.54, 1.807) is 12.3 Å². The van der Waals surface area contributed by atoms with Crippen molar-refractivity contribution in [3.05, 3.63) is 47.7 Å². The highest BCUT2D eigenvalue weighted by atomic mass is 32.1. The molecule has 3 rings (SSSR count). The number of ether oxygens (including phenoxy) is 2. The summed E-state index contributed by atoms with van der Waals surface area (Å²) in [5, 5.41) is 3.22. The van der Waals surface area contributed by atoms with Gasteiger partial charge in [0.2, 0.25) is 6.79 Å². The van der Waals surface area contributed by atoms with Gasteiger partial charge < -0.3 is 20.5 Å². The van der Waals surface area contributed by atoms with Gasteiger partial charge in [-0.25, -0.2) is 4.98 Å². The highest BCUT2D eigenvalue weighted by molar-refractivity contribution is 7.80. The fourth-order valence-corrected chi connectivity index (χ4v) is 2.05. The maximum Gasteiger partial charge on any atom is 0.231 e. The Morgan fingerprint density at radius 1 is 1.25 bits per heavy atom. The van der Waals surface area contributed by atoms with Crippen LogP contribution in [0.3, 0.4) is 0 Å². The van der Waals surface area contributed by atoms with Crippen molar-refractivity contribution in [2.75, 3.05) is 12.1 Å². The summed E-state index contributed by atoms with van der Waals surface area (Å²) in [5.41, 5.74) is 7.47. The number of benzene rings is 1. The molecule has 0 saturated carbocycles. The number of fused-ring (bicyclic) bond motifs is 1. The molecule has 1 aliphatic rings. The van der Waals surface area contributed by atoms with E-state index in [9.17, 15) is 0 Å². The predicted octanol–water partition coefficient (Wildman–Crippen LogP) is 2.06. The van der Waals surface area contributed by atoms with E-state index in [4.69, 9.17) is 27.4 Å². The maximum atomic E-state index is 5.60. The van der Waals surface area contributed by atoms with Crippen LogP contribution < -0.4 is 20.5 Å². The molecule has 1 aromatic heterocycles. The highest BCUT2D eigenvalue weighted by Gasteiger charge is 2.12. The van der Waals surface area contributed by atoms with Crippen LogP contribution in [0.1, 0.15) is 11.1 Å². The number of nitrogens with one attached hydrogen (secondary N) is 1. The Bertz CT molecular complexity index is 661. The molecular formula is C14H13N3O2S. The average Bonchev–Trinajstić information content (AvgIpc) is 2.93. The molecule has 6 heteroatoms. The predicted molar refractivity (Wildman–Crippen MR) is 80.0 cm³/mol. The topological polar surface area (TPSA) is 69.4 Å². The van der Waals surface area contributed by atoms with E-state index in [-0.39, 0.29) is 6.79 Å². The first-order valence-electron chi connectivity index (χ1n) is 6.10. The molecule has 1 aromatic carbocycles. The zero-order valence-corrected chi connectivity index (χ0v) is 11.4. The number of nitrogens with two attached hydrogens (primary N) is 1. The summed E-state index contributed by atoms with van der Waals surface area (Å²) in [6, 6.07) is 9.45. The van der Waals surface area contributed by atoms with Gasteiger partial charge in [0.05, 0.1) is 0 Å². The molecule has 0 saturated heterocycles. The van der Waals surface area contributed by atoms with Crippen molar-refractivity contribution in [2.45, 2.75) is 6.54 Å². The number of nitrogens with zero attached hydrogens (tertiary/aromatic N) is 1. The second-order valence-corrected chi connectivity index (χ2v) is 4.78. The van der Waals surface area contributed by atoms with Crippen molar-refractivity contribution in [3.8, 4) is 11.5 Å². The van der Waals surface area contributed by atoms with Crippen LogP contribution in [0.4, 0.5) is 5.82 Å². The fraction of sp³-hybridized carbons (Fsp3) is 0.143. The molecular weight excluding hydrogens is 274 g/mol. The first kappa shape index (κ1) is 12.7. The second kappa shape index (κ2) is 5.34. The lowest BCUT2D eigenvalue weighted by atomic mass is 10.2. The Hall–Kier alpha value is -2.34. The Morgan fingerprint density at radius 3 is 2.95 bits per heavy atom. The first-order valence-corrected chi connectivity index (χ1v) is 6.51. The van der Waals surface area contributed by atoms with Crippen LogP contribution in [0.2, 0.25) is 0 Å².